The largest absolute Gasteiger partial charge is 0.478 e. The van der Waals surface area contributed by atoms with Crippen molar-refractivity contribution in [2.45, 2.75) is 25.4 Å². The zero-order chi connectivity index (χ0) is 15.4. The first-order valence-corrected chi connectivity index (χ1v) is 6.69. The lowest BCUT2D eigenvalue weighted by Gasteiger charge is -2.22. The summed E-state index contributed by atoms with van der Waals surface area (Å²) in [4.78, 5) is 23.8. The van der Waals surface area contributed by atoms with Crippen LogP contribution in [0.1, 0.15) is 24.0 Å². The maximum Gasteiger partial charge on any atom is 0.328 e. The standard InChI is InChI=1S/C15H17FN2O3/c16-12-7-10(3-4-14(19)20)6-11(8-12)9-18-5-1-2-13(18)15(17)21/h3-4,6-8,13H,1-2,5,9H2,(H2,17,21)(H,19,20). The van der Waals surface area contributed by atoms with E-state index < -0.39 is 11.8 Å². The molecule has 2 rings (SSSR count). The van der Waals surface area contributed by atoms with E-state index in [1.54, 1.807) is 6.07 Å². The number of amides is 1. The third-order valence-corrected chi connectivity index (χ3v) is 3.48. The van der Waals surface area contributed by atoms with E-state index in [-0.39, 0.29) is 11.9 Å². The molecule has 1 amide bonds. The van der Waals surface area contributed by atoms with E-state index in [9.17, 15) is 14.0 Å². The van der Waals surface area contributed by atoms with Gasteiger partial charge in [-0.1, -0.05) is 6.07 Å². The van der Waals surface area contributed by atoms with E-state index >= 15 is 0 Å². The second-order valence-corrected chi connectivity index (χ2v) is 5.10. The smallest absolute Gasteiger partial charge is 0.328 e. The summed E-state index contributed by atoms with van der Waals surface area (Å²) in [5.41, 5.74) is 6.51. The van der Waals surface area contributed by atoms with Gasteiger partial charge < -0.3 is 10.8 Å². The van der Waals surface area contributed by atoms with Crippen molar-refractivity contribution in [1.82, 2.24) is 4.90 Å². The fraction of sp³-hybridized carbons (Fsp3) is 0.333. The van der Waals surface area contributed by atoms with E-state index in [2.05, 4.69) is 0 Å². The van der Waals surface area contributed by atoms with Gasteiger partial charge in [-0.15, -0.1) is 0 Å². The van der Waals surface area contributed by atoms with Crippen LogP contribution in [0.15, 0.2) is 24.3 Å². The van der Waals surface area contributed by atoms with Gasteiger partial charge in [0.15, 0.2) is 0 Å². The van der Waals surface area contributed by atoms with Crippen LogP contribution in [0, 0.1) is 5.82 Å². The van der Waals surface area contributed by atoms with Gasteiger partial charge in [-0.05, 0) is 48.7 Å². The molecule has 1 aromatic rings. The molecule has 1 aliphatic rings. The normalized spacial score (nSPS) is 19.2. The number of carboxylic acid groups (broad SMARTS) is 1. The van der Waals surface area contributed by atoms with Crippen molar-refractivity contribution in [1.29, 1.82) is 0 Å². The molecule has 1 unspecified atom stereocenters. The van der Waals surface area contributed by atoms with Crippen molar-refractivity contribution in [2.75, 3.05) is 6.54 Å². The van der Waals surface area contributed by atoms with Crippen LogP contribution in [0.3, 0.4) is 0 Å². The van der Waals surface area contributed by atoms with Gasteiger partial charge in [0.25, 0.3) is 0 Å². The monoisotopic (exact) mass is 292 g/mol. The fourth-order valence-corrected chi connectivity index (χ4v) is 2.60. The van der Waals surface area contributed by atoms with E-state index in [1.807, 2.05) is 4.90 Å². The van der Waals surface area contributed by atoms with Crippen LogP contribution >= 0.6 is 0 Å². The molecule has 21 heavy (non-hydrogen) atoms. The maximum atomic E-state index is 13.6. The highest BCUT2D eigenvalue weighted by atomic mass is 19.1. The molecule has 1 fully saturated rings. The number of carbonyl (C=O) groups is 2. The summed E-state index contributed by atoms with van der Waals surface area (Å²) in [5.74, 6) is -1.89. The Balaban J connectivity index is 2.16. The van der Waals surface area contributed by atoms with Crippen LogP contribution in [0.5, 0.6) is 0 Å². The van der Waals surface area contributed by atoms with Gasteiger partial charge in [0.2, 0.25) is 5.91 Å². The number of rotatable bonds is 5. The van der Waals surface area contributed by atoms with Gasteiger partial charge in [0, 0.05) is 12.6 Å². The highest BCUT2D eigenvalue weighted by Gasteiger charge is 2.28. The molecular weight excluding hydrogens is 275 g/mol. The highest BCUT2D eigenvalue weighted by Crippen LogP contribution is 2.21. The lowest BCUT2D eigenvalue weighted by Crippen LogP contribution is -2.39. The van der Waals surface area contributed by atoms with Crippen LogP contribution in [-0.4, -0.2) is 34.5 Å². The first-order valence-electron chi connectivity index (χ1n) is 6.69. The Morgan fingerprint density at radius 1 is 1.43 bits per heavy atom. The number of nitrogens with two attached hydrogens (primary N) is 1. The third-order valence-electron chi connectivity index (χ3n) is 3.48. The van der Waals surface area contributed by atoms with Crippen molar-refractivity contribution < 1.29 is 19.1 Å². The number of carbonyl (C=O) groups excluding carboxylic acids is 1. The second kappa shape index (κ2) is 6.49. The number of likely N-dealkylation sites (tertiary alicyclic amines) is 1. The minimum absolute atomic E-state index is 0.314. The number of hydrogen-bond donors (Lipinski definition) is 2. The van der Waals surface area contributed by atoms with Crippen molar-refractivity contribution in [3.05, 3.63) is 41.2 Å². The molecule has 5 nitrogen and oxygen atoms in total. The number of carboxylic acids is 1. The molecule has 6 heteroatoms. The molecule has 0 saturated carbocycles. The van der Waals surface area contributed by atoms with Crippen LogP contribution in [0.4, 0.5) is 4.39 Å². The maximum absolute atomic E-state index is 13.6. The molecule has 1 atom stereocenters. The zero-order valence-corrected chi connectivity index (χ0v) is 11.5. The quantitative estimate of drug-likeness (QED) is 0.803. The van der Waals surface area contributed by atoms with Gasteiger partial charge in [-0.25, -0.2) is 9.18 Å². The molecule has 1 heterocycles. The average Bonchev–Trinajstić information content (AvgIpc) is 2.84. The number of aliphatic carboxylic acids is 1. The number of halogens is 1. The van der Waals surface area contributed by atoms with Gasteiger partial charge >= 0.3 is 5.97 Å². The van der Waals surface area contributed by atoms with E-state index in [0.717, 1.165) is 25.5 Å². The summed E-state index contributed by atoms with van der Waals surface area (Å²) in [6.07, 6.45) is 3.90. The lowest BCUT2D eigenvalue weighted by atomic mass is 10.1. The lowest BCUT2D eigenvalue weighted by molar-refractivity contribution is -0.131. The molecule has 1 aliphatic heterocycles. The Bertz CT molecular complexity index is 586. The van der Waals surface area contributed by atoms with Gasteiger partial charge in [0.05, 0.1) is 6.04 Å². The Kier molecular flexibility index (Phi) is 4.70. The van der Waals surface area contributed by atoms with Crippen LogP contribution < -0.4 is 5.73 Å². The van der Waals surface area contributed by atoms with E-state index in [4.69, 9.17) is 10.8 Å². The second-order valence-electron chi connectivity index (χ2n) is 5.10. The Morgan fingerprint density at radius 2 is 2.19 bits per heavy atom. The van der Waals surface area contributed by atoms with Crippen LogP contribution in [0.2, 0.25) is 0 Å². The van der Waals surface area contributed by atoms with Crippen LogP contribution in [0.25, 0.3) is 6.08 Å². The molecule has 0 aromatic heterocycles. The van der Waals surface area contributed by atoms with Gasteiger partial charge in [0.1, 0.15) is 5.82 Å². The number of nitrogens with zero attached hydrogens (tertiary/aromatic N) is 1. The van der Waals surface area contributed by atoms with Crippen molar-refractivity contribution >= 4 is 18.0 Å². The predicted octanol–water partition coefficient (Wildman–Crippen LogP) is 1.37. The number of primary amides is 1. The molecular formula is C15H17FN2O3. The van der Waals surface area contributed by atoms with Crippen LogP contribution in [-0.2, 0) is 16.1 Å². The zero-order valence-electron chi connectivity index (χ0n) is 11.5. The van der Waals surface area contributed by atoms with E-state index in [0.29, 0.717) is 17.7 Å². The number of benzene rings is 1. The fourth-order valence-electron chi connectivity index (χ4n) is 2.60. The highest BCUT2D eigenvalue weighted by molar-refractivity contribution is 5.85. The Morgan fingerprint density at radius 3 is 2.86 bits per heavy atom. The van der Waals surface area contributed by atoms with Crippen molar-refractivity contribution in [3.8, 4) is 0 Å². The SMILES string of the molecule is NC(=O)C1CCCN1Cc1cc(F)cc(C=CC(=O)O)c1. The topological polar surface area (TPSA) is 83.6 Å². The van der Waals surface area contributed by atoms with Gasteiger partial charge in [-0.2, -0.15) is 0 Å². The summed E-state index contributed by atoms with van der Waals surface area (Å²) >= 11 is 0. The summed E-state index contributed by atoms with van der Waals surface area (Å²) < 4.78 is 13.6. The summed E-state index contributed by atoms with van der Waals surface area (Å²) in [6, 6.07) is 4.04. The molecule has 0 radical (unpaired) electrons. The molecule has 1 aromatic carbocycles. The first-order chi connectivity index (χ1) is 9.95. The predicted molar refractivity (Wildman–Crippen MR) is 75.7 cm³/mol. The molecule has 1 saturated heterocycles. The molecule has 3 N–H and O–H groups in total. The van der Waals surface area contributed by atoms with Crippen molar-refractivity contribution in [3.63, 3.8) is 0 Å². The minimum atomic E-state index is -1.09. The Hall–Kier alpha value is -2.21. The van der Waals surface area contributed by atoms with Gasteiger partial charge in [-0.3, -0.25) is 9.69 Å². The average molecular weight is 292 g/mol. The number of hydrogen-bond acceptors (Lipinski definition) is 3. The molecule has 0 spiro atoms. The summed E-state index contributed by atoms with van der Waals surface area (Å²) in [6.45, 7) is 1.16. The molecule has 0 aliphatic carbocycles. The first kappa shape index (κ1) is 15.2. The summed E-state index contributed by atoms with van der Waals surface area (Å²) in [7, 11) is 0. The van der Waals surface area contributed by atoms with Crippen molar-refractivity contribution in [2.24, 2.45) is 5.73 Å². The third kappa shape index (κ3) is 4.13. The minimum Gasteiger partial charge on any atom is -0.478 e. The summed E-state index contributed by atoms with van der Waals surface area (Å²) in [5, 5.41) is 8.60. The van der Waals surface area contributed by atoms with E-state index in [1.165, 1.54) is 18.2 Å². The molecule has 112 valence electrons. The molecule has 0 bridgehead atoms. The Labute approximate surface area is 121 Å².